The van der Waals surface area contributed by atoms with E-state index in [1.54, 1.807) is 12.1 Å². The van der Waals surface area contributed by atoms with Crippen LogP contribution < -0.4 is 5.32 Å². The summed E-state index contributed by atoms with van der Waals surface area (Å²) in [6.07, 6.45) is 3.97. The average Bonchev–Trinajstić information content (AvgIpc) is 2.44. The predicted octanol–water partition coefficient (Wildman–Crippen LogP) is 4.54. The zero-order valence-electron chi connectivity index (χ0n) is 10.6. The summed E-state index contributed by atoms with van der Waals surface area (Å²) in [5.41, 5.74) is 2.19. The Balaban J connectivity index is 1.95. The lowest BCUT2D eigenvalue weighted by molar-refractivity contribution is 0.631. The number of halogens is 3. The van der Waals surface area contributed by atoms with Crippen LogP contribution in [0.1, 0.15) is 24.1 Å². The molecule has 0 spiro atoms. The average molecular weight is 312 g/mol. The number of benzene rings is 1. The van der Waals surface area contributed by atoms with E-state index in [1.165, 1.54) is 6.07 Å². The summed E-state index contributed by atoms with van der Waals surface area (Å²) in [6, 6.07) is 4.73. The highest BCUT2D eigenvalue weighted by molar-refractivity contribution is 6.31. The van der Waals surface area contributed by atoms with Crippen LogP contribution in [0.3, 0.4) is 0 Å². The Labute approximate surface area is 126 Å². The van der Waals surface area contributed by atoms with E-state index < -0.39 is 5.82 Å². The lowest BCUT2D eigenvalue weighted by atomic mass is 9.97. The van der Waals surface area contributed by atoms with E-state index in [0.717, 1.165) is 36.9 Å². The second-order valence-corrected chi connectivity index (χ2v) is 5.46. The number of anilines is 2. The highest BCUT2D eigenvalue weighted by atomic mass is 35.5. The zero-order chi connectivity index (χ0) is 14.1. The summed E-state index contributed by atoms with van der Waals surface area (Å²) in [5, 5.41) is 3.34. The molecule has 3 rings (SSSR count). The van der Waals surface area contributed by atoms with Crippen LogP contribution in [-0.4, -0.2) is 9.97 Å². The van der Waals surface area contributed by atoms with E-state index in [-0.39, 0.29) is 10.7 Å². The monoisotopic (exact) mass is 311 g/mol. The van der Waals surface area contributed by atoms with Gasteiger partial charge < -0.3 is 5.32 Å². The van der Waals surface area contributed by atoms with E-state index >= 15 is 0 Å². The highest BCUT2D eigenvalue weighted by Crippen LogP contribution is 2.29. The van der Waals surface area contributed by atoms with Crippen molar-refractivity contribution >= 4 is 34.8 Å². The molecule has 104 valence electrons. The molecule has 1 N–H and O–H groups in total. The molecule has 2 aromatic rings. The van der Waals surface area contributed by atoms with Gasteiger partial charge in [-0.25, -0.2) is 14.4 Å². The van der Waals surface area contributed by atoms with E-state index in [9.17, 15) is 4.39 Å². The van der Waals surface area contributed by atoms with Crippen molar-refractivity contribution in [3.63, 3.8) is 0 Å². The van der Waals surface area contributed by atoms with Gasteiger partial charge in [0.1, 0.15) is 5.15 Å². The molecule has 0 saturated heterocycles. The van der Waals surface area contributed by atoms with Gasteiger partial charge in [0.2, 0.25) is 5.95 Å². The minimum Gasteiger partial charge on any atom is -0.322 e. The van der Waals surface area contributed by atoms with Crippen LogP contribution in [0, 0.1) is 5.82 Å². The van der Waals surface area contributed by atoms with Gasteiger partial charge in [0, 0.05) is 5.56 Å². The van der Waals surface area contributed by atoms with Crippen molar-refractivity contribution in [3.05, 3.63) is 45.4 Å². The van der Waals surface area contributed by atoms with E-state index in [1.807, 2.05) is 0 Å². The number of hydrogen-bond donors (Lipinski definition) is 1. The van der Waals surface area contributed by atoms with Gasteiger partial charge in [0.25, 0.3) is 0 Å². The Hall–Kier alpha value is -1.39. The third-order valence-electron chi connectivity index (χ3n) is 3.33. The molecule has 0 atom stereocenters. The predicted molar refractivity (Wildman–Crippen MR) is 78.4 cm³/mol. The molecule has 0 bridgehead atoms. The smallest absolute Gasteiger partial charge is 0.228 e. The lowest BCUT2D eigenvalue weighted by Crippen LogP contribution is -2.10. The van der Waals surface area contributed by atoms with Gasteiger partial charge >= 0.3 is 0 Å². The molecule has 6 heteroatoms. The third-order valence-corrected chi connectivity index (χ3v) is 3.94. The Kier molecular flexibility index (Phi) is 3.76. The summed E-state index contributed by atoms with van der Waals surface area (Å²) in [6.45, 7) is 0. The van der Waals surface area contributed by atoms with Crippen molar-refractivity contribution in [2.75, 3.05) is 5.32 Å². The largest absolute Gasteiger partial charge is 0.322 e. The maximum atomic E-state index is 13.8. The number of nitrogens with zero attached hydrogens (tertiary/aromatic N) is 2. The SMILES string of the molecule is Fc1c(Cl)cccc1Nc1nc(Cl)c2c(n1)CCCC2. The third kappa shape index (κ3) is 2.58. The van der Waals surface area contributed by atoms with Crippen LogP contribution in [-0.2, 0) is 12.8 Å². The maximum absolute atomic E-state index is 13.8. The molecule has 0 fully saturated rings. The number of aromatic nitrogens is 2. The quantitative estimate of drug-likeness (QED) is 0.827. The molecule has 1 heterocycles. The molecule has 1 aliphatic carbocycles. The molecule has 0 radical (unpaired) electrons. The summed E-state index contributed by atoms with van der Waals surface area (Å²) in [5.74, 6) is -0.219. The van der Waals surface area contributed by atoms with Crippen LogP contribution in [0.25, 0.3) is 0 Å². The van der Waals surface area contributed by atoms with E-state index in [4.69, 9.17) is 23.2 Å². The molecule has 1 aromatic carbocycles. The standard InChI is InChI=1S/C14H12Cl2FN3/c15-9-5-3-7-11(12(9)17)19-14-18-10-6-2-1-4-8(10)13(16)20-14/h3,5,7H,1-2,4,6H2,(H,18,19,20). The van der Waals surface area contributed by atoms with Gasteiger partial charge in [-0.1, -0.05) is 29.3 Å². The first-order valence-corrected chi connectivity index (χ1v) is 7.17. The van der Waals surface area contributed by atoms with Crippen molar-refractivity contribution in [3.8, 4) is 0 Å². The minimum atomic E-state index is -0.522. The van der Waals surface area contributed by atoms with Gasteiger partial charge in [0.05, 0.1) is 16.4 Å². The Morgan fingerprint density at radius 1 is 1.10 bits per heavy atom. The molecular weight excluding hydrogens is 300 g/mol. The summed E-state index contributed by atoms with van der Waals surface area (Å²) in [7, 11) is 0. The zero-order valence-corrected chi connectivity index (χ0v) is 12.1. The molecule has 0 amide bonds. The first kappa shape index (κ1) is 13.6. The fraction of sp³-hybridized carbons (Fsp3) is 0.286. The van der Waals surface area contributed by atoms with Gasteiger partial charge in [-0.15, -0.1) is 0 Å². The van der Waals surface area contributed by atoms with Gasteiger partial charge in [0.15, 0.2) is 5.82 Å². The fourth-order valence-corrected chi connectivity index (χ4v) is 2.78. The number of fused-ring (bicyclic) bond motifs is 1. The van der Waals surface area contributed by atoms with Gasteiger partial charge in [-0.05, 0) is 37.8 Å². The molecule has 1 aromatic heterocycles. The molecular formula is C14H12Cl2FN3. The van der Waals surface area contributed by atoms with Gasteiger partial charge in [-0.2, -0.15) is 0 Å². The topological polar surface area (TPSA) is 37.8 Å². The number of rotatable bonds is 2. The summed E-state index contributed by atoms with van der Waals surface area (Å²) < 4.78 is 13.8. The fourth-order valence-electron chi connectivity index (χ4n) is 2.32. The van der Waals surface area contributed by atoms with E-state index in [2.05, 4.69) is 15.3 Å². The Morgan fingerprint density at radius 2 is 1.90 bits per heavy atom. The molecule has 1 aliphatic rings. The Morgan fingerprint density at radius 3 is 2.75 bits per heavy atom. The first-order chi connectivity index (χ1) is 9.65. The second-order valence-electron chi connectivity index (χ2n) is 4.70. The van der Waals surface area contributed by atoms with Crippen LogP contribution in [0.4, 0.5) is 16.0 Å². The molecule has 3 nitrogen and oxygen atoms in total. The van der Waals surface area contributed by atoms with Crippen molar-refractivity contribution in [1.82, 2.24) is 9.97 Å². The summed E-state index contributed by atoms with van der Waals surface area (Å²) >= 11 is 11.9. The molecule has 0 aliphatic heterocycles. The molecule has 20 heavy (non-hydrogen) atoms. The van der Waals surface area contributed by atoms with Crippen molar-refractivity contribution in [1.29, 1.82) is 0 Å². The maximum Gasteiger partial charge on any atom is 0.228 e. The van der Waals surface area contributed by atoms with Crippen molar-refractivity contribution < 1.29 is 4.39 Å². The van der Waals surface area contributed by atoms with E-state index in [0.29, 0.717) is 11.1 Å². The lowest BCUT2D eigenvalue weighted by Gasteiger charge is -2.17. The molecule has 0 unspecified atom stereocenters. The van der Waals surface area contributed by atoms with Crippen molar-refractivity contribution in [2.24, 2.45) is 0 Å². The minimum absolute atomic E-state index is 0.0547. The van der Waals surface area contributed by atoms with Crippen LogP contribution in [0.5, 0.6) is 0 Å². The highest BCUT2D eigenvalue weighted by Gasteiger charge is 2.17. The summed E-state index contributed by atoms with van der Waals surface area (Å²) in [4.78, 5) is 8.61. The van der Waals surface area contributed by atoms with Crippen LogP contribution >= 0.6 is 23.2 Å². The van der Waals surface area contributed by atoms with Gasteiger partial charge in [-0.3, -0.25) is 0 Å². The van der Waals surface area contributed by atoms with Crippen molar-refractivity contribution in [2.45, 2.75) is 25.7 Å². The van der Waals surface area contributed by atoms with Crippen LogP contribution in [0.2, 0.25) is 10.2 Å². The number of aryl methyl sites for hydroxylation is 1. The Bertz CT molecular complexity index is 661. The molecule has 0 saturated carbocycles. The second kappa shape index (κ2) is 5.54. The normalized spacial score (nSPS) is 13.9. The number of hydrogen-bond acceptors (Lipinski definition) is 3. The first-order valence-electron chi connectivity index (χ1n) is 6.41. The van der Waals surface area contributed by atoms with Crippen LogP contribution in [0.15, 0.2) is 18.2 Å². The number of nitrogens with one attached hydrogen (secondary N) is 1.